The molecule has 15 nitrogen and oxygen atoms in total. The summed E-state index contributed by atoms with van der Waals surface area (Å²) in [6.45, 7) is 4.67. The normalized spacial score (nSPS) is 21.9. The van der Waals surface area contributed by atoms with Crippen LogP contribution in [0.4, 0.5) is 42.0 Å². The molecular weight excluding hydrogens is 794 g/mol. The van der Waals surface area contributed by atoms with Gasteiger partial charge in [-0.3, -0.25) is 34.8 Å². The van der Waals surface area contributed by atoms with Crippen LogP contribution in [0.3, 0.4) is 0 Å². The summed E-state index contributed by atoms with van der Waals surface area (Å²) < 4.78 is 50.9. The van der Waals surface area contributed by atoms with E-state index in [1.807, 2.05) is 9.91 Å². The molecule has 61 heavy (non-hydrogen) atoms. The van der Waals surface area contributed by atoms with Crippen LogP contribution in [-0.2, 0) is 14.4 Å². The highest BCUT2D eigenvalue weighted by Gasteiger charge is 2.49. The van der Waals surface area contributed by atoms with Crippen LogP contribution in [0.1, 0.15) is 79.6 Å². The van der Waals surface area contributed by atoms with Crippen molar-refractivity contribution in [3.05, 3.63) is 59.5 Å². The fraction of sp³-hybridized carbons (Fsp3) is 0.535. The molecule has 0 bridgehead atoms. The minimum absolute atomic E-state index is 0.138. The number of piperidine rings is 2. The van der Waals surface area contributed by atoms with E-state index in [0.717, 1.165) is 82.6 Å². The number of amides is 4. The summed E-state index contributed by atoms with van der Waals surface area (Å²) in [7, 11) is 2.80. The third kappa shape index (κ3) is 9.24. The quantitative estimate of drug-likeness (QED) is 0.227. The number of alkyl halides is 2. The van der Waals surface area contributed by atoms with E-state index in [1.165, 1.54) is 26.4 Å². The van der Waals surface area contributed by atoms with Gasteiger partial charge in [-0.25, -0.2) is 14.4 Å². The fourth-order valence-corrected chi connectivity index (χ4v) is 9.29. The number of hydrogen-bond donors (Lipinski definition) is 3. The van der Waals surface area contributed by atoms with Gasteiger partial charge in [-0.1, -0.05) is 18.9 Å². The highest BCUT2D eigenvalue weighted by Crippen LogP contribution is 2.40. The number of nitrogens with zero attached hydrogens (tertiary/aromatic N) is 7. The second kappa shape index (κ2) is 17.8. The van der Waals surface area contributed by atoms with Gasteiger partial charge in [0.15, 0.2) is 5.82 Å². The van der Waals surface area contributed by atoms with Gasteiger partial charge in [0.25, 0.3) is 11.8 Å². The Morgan fingerprint density at radius 2 is 1.70 bits per heavy atom. The van der Waals surface area contributed by atoms with E-state index in [4.69, 9.17) is 4.74 Å². The van der Waals surface area contributed by atoms with Gasteiger partial charge in [0.1, 0.15) is 17.3 Å². The number of nitrogens with one attached hydrogen (secondary N) is 3. The van der Waals surface area contributed by atoms with Crippen molar-refractivity contribution in [1.29, 1.82) is 0 Å². The van der Waals surface area contributed by atoms with E-state index in [9.17, 15) is 19.2 Å². The predicted octanol–water partition coefficient (Wildman–Crippen LogP) is 4.82. The van der Waals surface area contributed by atoms with Crippen LogP contribution in [0.5, 0.6) is 5.75 Å². The number of halogens is 3. The average molecular weight is 847 g/mol. The van der Waals surface area contributed by atoms with Crippen molar-refractivity contribution in [2.45, 2.75) is 75.7 Å². The fourth-order valence-electron chi connectivity index (χ4n) is 9.29. The molecule has 4 amide bonds. The van der Waals surface area contributed by atoms with Crippen LogP contribution < -0.4 is 35.5 Å². The molecule has 1 saturated carbocycles. The first-order chi connectivity index (χ1) is 29.4. The molecular formula is C43H53F3N10O5. The van der Waals surface area contributed by atoms with Crippen molar-refractivity contribution in [2.75, 3.05) is 86.5 Å². The molecule has 1 unspecified atom stereocenters. The Labute approximate surface area is 352 Å². The highest BCUT2D eigenvalue weighted by molar-refractivity contribution is 6.02. The van der Waals surface area contributed by atoms with Gasteiger partial charge >= 0.3 is 5.92 Å². The van der Waals surface area contributed by atoms with Crippen molar-refractivity contribution in [3.63, 3.8) is 0 Å². The molecule has 1 aliphatic carbocycles. The number of anilines is 5. The lowest BCUT2D eigenvalue weighted by atomic mass is 9.90. The van der Waals surface area contributed by atoms with Crippen molar-refractivity contribution >= 4 is 52.5 Å². The second-order valence-corrected chi connectivity index (χ2v) is 16.8. The highest BCUT2D eigenvalue weighted by atomic mass is 19.3. The van der Waals surface area contributed by atoms with E-state index in [-0.39, 0.29) is 53.5 Å². The number of piperazine rings is 1. The molecule has 4 fully saturated rings. The number of carbonyl (C=O) groups excluding carboxylic acids is 4. The summed E-state index contributed by atoms with van der Waals surface area (Å²) in [5.41, 5.74) is 5.24. The van der Waals surface area contributed by atoms with Gasteiger partial charge in [0.2, 0.25) is 17.8 Å². The summed E-state index contributed by atoms with van der Waals surface area (Å²) in [4.78, 5) is 65.7. The van der Waals surface area contributed by atoms with E-state index in [1.54, 1.807) is 35.2 Å². The van der Waals surface area contributed by atoms with Crippen LogP contribution in [0.25, 0.3) is 0 Å². The summed E-state index contributed by atoms with van der Waals surface area (Å²) in [5, 5.41) is 7.41. The molecule has 1 aromatic heterocycles. The van der Waals surface area contributed by atoms with Crippen LogP contribution in [-0.4, -0.2) is 122 Å². The minimum atomic E-state index is -3.58. The third-order valence-electron chi connectivity index (χ3n) is 12.9. The lowest BCUT2D eigenvalue weighted by Gasteiger charge is -2.38. The van der Waals surface area contributed by atoms with Crippen molar-refractivity contribution < 1.29 is 37.1 Å². The number of imide groups is 1. The zero-order valence-electron chi connectivity index (χ0n) is 34.6. The Balaban J connectivity index is 0.802. The first-order valence-electron chi connectivity index (χ1n) is 21.3. The van der Waals surface area contributed by atoms with Crippen LogP contribution in [0, 0.1) is 11.7 Å². The SMILES string of the molecule is COc1cc(C(=O)NN2CCC(CCN3CCN(c4ccc(C5CCC(=O)NC5=O)cc4F)CC3)CC2)ccc1Nc1ncc2c(n1)N(C1CCCC1)CC(F)(F)C(=O)N2C. The Morgan fingerprint density at radius 1 is 0.951 bits per heavy atom. The van der Waals surface area contributed by atoms with E-state index >= 15 is 13.2 Å². The molecule has 2 aromatic carbocycles. The Kier molecular flexibility index (Phi) is 12.4. The average Bonchev–Trinajstić information content (AvgIpc) is 3.78. The number of rotatable bonds is 11. The van der Waals surface area contributed by atoms with Crippen LogP contribution in [0.2, 0.25) is 0 Å². The molecule has 1 atom stereocenters. The lowest BCUT2D eigenvalue weighted by molar-refractivity contribution is -0.140. The first-order valence-corrected chi connectivity index (χ1v) is 21.3. The number of hydrogen-bond acceptors (Lipinski definition) is 12. The monoisotopic (exact) mass is 846 g/mol. The van der Waals surface area contributed by atoms with E-state index in [2.05, 4.69) is 30.9 Å². The summed E-state index contributed by atoms with van der Waals surface area (Å²) >= 11 is 0. The lowest BCUT2D eigenvalue weighted by Crippen LogP contribution is -2.48. The van der Waals surface area contributed by atoms with Crippen molar-refractivity contribution in [1.82, 2.24) is 30.6 Å². The van der Waals surface area contributed by atoms with Gasteiger partial charge < -0.3 is 24.8 Å². The largest absolute Gasteiger partial charge is 0.495 e. The molecule has 18 heteroatoms. The van der Waals surface area contributed by atoms with Gasteiger partial charge in [0, 0.05) is 64.3 Å². The van der Waals surface area contributed by atoms with E-state index in [0.29, 0.717) is 53.7 Å². The molecule has 3 N–H and O–H groups in total. The van der Waals surface area contributed by atoms with Crippen LogP contribution in [0.15, 0.2) is 42.6 Å². The van der Waals surface area contributed by atoms with Crippen LogP contribution >= 0.6 is 0 Å². The molecule has 3 aromatic rings. The molecule has 4 aliphatic heterocycles. The number of methoxy groups -OCH3 is 1. The summed E-state index contributed by atoms with van der Waals surface area (Å²) in [5.74, 6) is -5.39. The third-order valence-corrected chi connectivity index (χ3v) is 12.9. The molecule has 5 aliphatic rings. The number of benzene rings is 2. The molecule has 3 saturated heterocycles. The number of carbonyl (C=O) groups is 4. The van der Waals surface area contributed by atoms with Gasteiger partial charge in [0.05, 0.1) is 37.1 Å². The zero-order chi connectivity index (χ0) is 42.8. The minimum Gasteiger partial charge on any atom is -0.495 e. The maximum atomic E-state index is 15.2. The van der Waals surface area contributed by atoms with Crippen molar-refractivity contribution in [2.24, 2.45) is 5.92 Å². The number of ether oxygens (including phenoxy) is 1. The Morgan fingerprint density at radius 3 is 2.41 bits per heavy atom. The molecule has 5 heterocycles. The predicted molar refractivity (Wildman–Crippen MR) is 223 cm³/mol. The van der Waals surface area contributed by atoms with Gasteiger partial charge in [-0.15, -0.1) is 0 Å². The topological polar surface area (TPSA) is 156 Å². The van der Waals surface area contributed by atoms with Gasteiger partial charge in [-0.2, -0.15) is 13.8 Å². The van der Waals surface area contributed by atoms with Crippen molar-refractivity contribution in [3.8, 4) is 5.75 Å². The maximum absolute atomic E-state index is 15.2. The molecule has 0 radical (unpaired) electrons. The first kappa shape index (κ1) is 42.2. The van der Waals surface area contributed by atoms with E-state index < -0.39 is 24.3 Å². The Bertz CT molecular complexity index is 2140. The molecule has 326 valence electrons. The molecule has 8 rings (SSSR count). The summed E-state index contributed by atoms with van der Waals surface area (Å²) in [6, 6.07) is 9.78. The standard InChI is InChI=1S/C43H53F3N10O5/c1-52-35-25-47-42(50-38(35)56(30-5-3-4-6-30)26-43(45,46)41(52)60)48-33-10-7-29(24-36(33)61-2)39(58)51-55-17-14-27(15-18-55)13-16-53-19-21-54(22-20-53)34-11-8-28(23-32(34)44)31-9-12-37(57)49-40(31)59/h7-8,10-11,23-25,27,30-31H,3-6,9,12-22,26H2,1-2H3,(H,51,58)(H,47,48,50)(H,49,57,59). The number of hydrazine groups is 1. The molecule has 0 spiro atoms. The smallest absolute Gasteiger partial charge is 0.342 e. The zero-order valence-corrected chi connectivity index (χ0v) is 34.6. The number of aromatic nitrogens is 2. The maximum Gasteiger partial charge on any atom is 0.342 e. The summed E-state index contributed by atoms with van der Waals surface area (Å²) in [6.07, 6.45) is 8.24. The Hall–Kier alpha value is -5.49. The number of fused-ring (bicyclic) bond motifs is 1. The van der Waals surface area contributed by atoms with Gasteiger partial charge in [-0.05, 0) is 86.9 Å². The second-order valence-electron chi connectivity index (χ2n) is 16.8.